The maximum absolute atomic E-state index is 14.5. The van der Waals surface area contributed by atoms with Crippen molar-refractivity contribution in [3.63, 3.8) is 0 Å². The molecule has 10 heteroatoms. The lowest BCUT2D eigenvalue weighted by atomic mass is 9.82. The average Bonchev–Trinajstić information content (AvgIpc) is 3.02. The fourth-order valence-corrected chi connectivity index (χ4v) is 7.17. The topological polar surface area (TPSA) is 47.1 Å². The zero-order valence-electron chi connectivity index (χ0n) is 25.6. The number of rotatable bonds is 11. The molecule has 0 saturated carbocycles. The summed E-state index contributed by atoms with van der Waals surface area (Å²) in [4.78, 5) is 35.6. The zero-order valence-corrected chi connectivity index (χ0v) is 27.8. The van der Waals surface area contributed by atoms with Gasteiger partial charge in [-0.3, -0.25) is 14.5 Å². The highest BCUT2D eigenvalue weighted by Crippen LogP contribution is 2.35. The third kappa shape index (κ3) is 8.04. The van der Waals surface area contributed by atoms with Gasteiger partial charge in [-0.25, -0.2) is 4.39 Å². The van der Waals surface area contributed by atoms with Crippen LogP contribution in [0.5, 0.6) is 0 Å². The van der Waals surface area contributed by atoms with E-state index in [9.17, 15) is 14.0 Å². The van der Waals surface area contributed by atoms with Gasteiger partial charge in [0.2, 0.25) is 5.91 Å². The minimum Gasteiger partial charge on any atom is -0.342 e. The van der Waals surface area contributed by atoms with Crippen LogP contribution in [0, 0.1) is 5.82 Å². The number of hydrogen-bond donors (Lipinski definition) is 0. The SMILES string of the molecule is CCN(CC)C(=O)C1(N2CCCCC2)CCN(CCC(CN(C)C(=O)c2cc(Cl)ccc2F)c2ccc(Cl)c(Cl)c2)CC1. The molecule has 2 aromatic carbocycles. The second-order valence-electron chi connectivity index (χ2n) is 11.9. The van der Waals surface area contributed by atoms with Crippen LogP contribution in [0.1, 0.15) is 74.2 Å². The van der Waals surface area contributed by atoms with Crippen LogP contribution >= 0.6 is 34.8 Å². The van der Waals surface area contributed by atoms with Crippen LogP contribution in [-0.4, -0.2) is 96.4 Å². The number of carbonyl (C=O) groups is 2. The maximum Gasteiger partial charge on any atom is 0.256 e. The van der Waals surface area contributed by atoms with Gasteiger partial charge in [0, 0.05) is 50.7 Å². The van der Waals surface area contributed by atoms with E-state index in [1.807, 2.05) is 17.0 Å². The van der Waals surface area contributed by atoms with Gasteiger partial charge in [0.05, 0.1) is 15.6 Å². The van der Waals surface area contributed by atoms with Crippen LogP contribution in [0.15, 0.2) is 36.4 Å². The zero-order chi connectivity index (χ0) is 31.1. The number of carbonyl (C=O) groups excluding carboxylic acids is 2. The highest BCUT2D eigenvalue weighted by molar-refractivity contribution is 6.42. The summed E-state index contributed by atoms with van der Waals surface area (Å²) >= 11 is 18.7. The molecule has 236 valence electrons. The molecule has 6 nitrogen and oxygen atoms in total. The fraction of sp³-hybridized carbons (Fsp3) is 0.576. The van der Waals surface area contributed by atoms with Crippen molar-refractivity contribution in [3.8, 4) is 0 Å². The lowest BCUT2D eigenvalue weighted by Crippen LogP contribution is -2.64. The summed E-state index contributed by atoms with van der Waals surface area (Å²) in [6.07, 6.45) is 5.91. The monoisotopic (exact) mass is 652 g/mol. The second-order valence-corrected chi connectivity index (χ2v) is 13.1. The Hall–Kier alpha value is -1.90. The van der Waals surface area contributed by atoms with E-state index in [0.29, 0.717) is 21.6 Å². The number of likely N-dealkylation sites (N-methyl/N-ethyl adjacent to an activating group) is 2. The lowest BCUT2D eigenvalue weighted by molar-refractivity contribution is -0.149. The molecule has 4 rings (SSSR count). The van der Waals surface area contributed by atoms with Gasteiger partial charge in [-0.1, -0.05) is 47.3 Å². The van der Waals surface area contributed by atoms with Crippen LogP contribution < -0.4 is 0 Å². The highest BCUT2D eigenvalue weighted by atomic mass is 35.5. The fourth-order valence-electron chi connectivity index (χ4n) is 6.69. The average molecular weight is 654 g/mol. The Balaban J connectivity index is 1.48. The molecule has 2 aliphatic heterocycles. The van der Waals surface area contributed by atoms with Gasteiger partial charge in [0.15, 0.2) is 0 Å². The molecule has 0 N–H and O–H groups in total. The van der Waals surface area contributed by atoms with E-state index < -0.39 is 17.3 Å². The quantitative estimate of drug-likeness (QED) is 0.257. The number of piperidine rings is 2. The van der Waals surface area contributed by atoms with Gasteiger partial charge in [0.1, 0.15) is 11.4 Å². The Bertz CT molecular complexity index is 1260. The summed E-state index contributed by atoms with van der Waals surface area (Å²) in [5.74, 6) is -0.806. The summed E-state index contributed by atoms with van der Waals surface area (Å²) in [7, 11) is 1.68. The number of benzene rings is 2. The molecule has 0 radical (unpaired) electrons. The van der Waals surface area contributed by atoms with Gasteiger partial charge < -0.3 is 14.7 Å². The Labute approximate surface area is 271 Å². The Morgan fingerprint density at radius 1 is 0.930 bits per heavy atom. The Kier molecular flexibility index (Phi) is 12.2. The summed E-state index contributed by atoms with van der Waals surface area (Å²) in [5.41, 5.74) is 0.488. The van der Waals surface area contributed by atoms with E-state index in [2.05, 4.69) is 23.6 Å². The number of amides is 2. The Morgan fingerprint density at radius 3 is 2.23 bits per heavy atom. The van der Waals surface area contributed by atoms with Crippen molar-refractivity contribution in [2.45, 2.75) is 63.8 Å². The molecular formula is C33H44Cl3FN4O2. The smallest absolute Gasteiger partial charge is 0.256 e. The van der Waals surface area contributed by atoms with Gasteiger partial charge >= 0.3 is 0 Å². The summed E-state index contributed by atoms with van der Waals surface area (Å²) in [6, 6.07) is 9.58. The highest BCUT2D eigenvalue weighted by Gasteiger charge is 2.47. The van der Waals surface area contributed by atoms with E-state index in [-0.39, 0.29) is 17.4 Å². The first-order valence-electron chi connectivity index (χ1n) is 15.5. The van der Waals surface area contributed by atoms with Crippen molar-refractivity contribution >= 4 is 46.6 Å². The molecule has 2 fully saturated rings. The molecule has 2 aliphatic rings. The second kappa shape index (κ2) is 15.4. The lowest BCUT2D eigenvalue weighted by Gasteiger charge is -2.50. The van der Waals surface area contributed by atoms with E-state index in [1.165, 1.54) is 24.6 Å². The van der Waals surface area contributed by atoms with Crippen LogP contribution in [0.4, 0.5) is 4.39 Å². The minimum absolute atomic E-state index is 0.0501. The van der Waals surface area contributed by atoms with Crippen molar-refractivity contribution in [2.75, 3.05) is 59.4 Å². The predicted molar refractivity (Wildman–Crippen MR) is 174 cm³/mol. The van der Waals surface area contributed by atoms with Crippen LogP contribution in [0.25, 0.3) is 0 Å². The molecule has 2 saturated heterocycles. The van der Waals surface area contributed by atoms with Crippen molar-refractivity contribution in [1.29, 1.82) is 0 Å². The largest absolute Gasteiger partial charge is 0.342 e. The standard InChI is InChI=1S/C33H44Cl3FN4O2/c1-4-40(5-2)32(43)33(41-16-7-6-8-17-41)14-19-39(20-15-33)18-13-25(24-9-11-28(35)29(36)21-24)23-38(3)31(42)27-22-26(34)10-12-30(27)37/h9-12,21-22,25H,4-8,13-20,23H2,1-3H3. The summed E-state index contributed by atoms with van der Waals surface area (Å²) < 4.78 is 14.5. The summed E-state index contributed by atoms with van der Waals surface area (Å²) in [6.45, 7) is 10.4. The van der Waals surface area contributed by atoms with E-state index in [1.54, 1.807) is 18.0 Å². The predicted octanol–water partition coefficient (Wildman–Crippen LogP) is 7.22. The van der Waals surface area contributed by atoms with E-state index in [0.717, 1.165) is 83.5 Å². The molecule has 2 amide bonds. The van der Waals surface area contributed by atoms with Crippen LogP contribution in [0.2, 0.25) is 15.1 Å². The van der Waals surface area contributed by atoms with Crippen LogP contribution in [-0.2, 0) is 4.79 Å². The van der Waals surface area contributed by atoms with Crippen LogP contribution in [0.3, 0.4) is 0 Å². The third-order valence-corrected chi connectivity index (χ3v) is 10.3. The first-order valence-corrected chi connectivity index (χ1v) is 16.6. The minimum atomic E-state index is -0.600. The molecule has 2 heterocycles. The van der Waals surface area contributed by atoms with Crippen molar-refractivity contribution < 1.29 is 14.0 Å². The van der Waals surface area contributed by atoms with Gasteiger partial charge in [-0.05, 0) is 101 Å². The number of hydrogen-bond acceptors (Lipinski definition) is 4. The molecule has 1 atom stereocenters. The maximum atomic E-state index is 14.5. The summed E-state index contributed by atoms with van der Waals surface area (Å²) in [5, 5.41) is 1.24. The van der Waals surface area contributed by atoms with Crippen molar-refractivity contribution in [3.05, 3.63) is 68.4 Å². The molecule has 0 spiro atoms. The molecule has 1 unspecified atom stereocenters. The normalized spacial score (nSPS) is 18.3. The number of nitrogens with zero attached hydrogens (tertiary/aromatic N) is 4. The molecule has 2 aromatic rings. The molecule has 0 bridgehead atoms. The molecule has 0 aliphatic carbocycles. The molecular weight excluding hydrogens is 610 g/mol. The molecule has 43 heavy (non-hydrogen) atoms. The molecule has 0 aromatic heterocycles. The number of halogens is 4. The first-order chi connectivity index (χ1) is 20.6. The van der Waals surface area contributed by atoms with Gasteiger partial charge in [-0.2, -0.15) is 0 Å². The Morgan fingerprint density at radius 2 is 1.60 bits per heavy atom. The van der Waals surface area contributed by atoms with Crippen molar-refractivity contribution in [1.82, 2.24) is 19.6 Å². The van der Waals surface area contributed by atoms with Gasteiger partial charge in [-0.15, -0.1) is 0 Å². The van der Waals surface area contributed by atoms with E-state index >= 15 is 0 Å². The number of likely N-dealkylation sites (tertiary alicyclic amines) is 2. The van der Waals surface area contributed by atoms with Crippen molar-refractivity contribution in [2.24, 2.45) is 0 Å². The first kappa shape index (κ1) is 34.0. The van der Waals surface area contributed by atoms with E-state index in [4.69, 9.17) is 34.8 Å². The third-order valence-electron chi connectivity index (χ3n) is 9.30. The van der Waals surface area contributed by atoms with Gasteiger partial charge in [0.25, 0.3) is 5.91 Å².